The molecule has 1 saturated heterocycles. The van der Waals surface area contributed by atoms with E-state index < -0.39 is 9.84 Å². The Morgan fingerprint density at radius 3 is 2.48 bits per heavy atom. The number of esters is 1. The number of hydrogen-bond donors (Lipinski definition) is 1. The first-order valence-electron chi connectivity index (χ1n) is 11.1. The summed E-state index contributed by atoms with van der Waals surface area (Å²) in [6, 6.07) is 11.4. The molecule has 0 aromatic carbocycles. The fourth-order valence-corrected chi connectivity index (χ4v) is 4.80. The fourth-order valence-electron chi connectivity index (χ4n) is 4.18. The first-order chi connectivity index (χ1) is 15.6. The Morgan fingerprint density at radius 2 is 1.85 bits per heavy atom. The summed E-state index contributed by atoms with van der Waals surface area (Å²) in [7, 11) is -3.35. The van der Waals surface area contributed by atoms with E-state index in [-0.39, 0.29) is 23.0 Å². The zero-order chi connectivity index (χ0) is 23.8. The number of nitrogens with one attached hydrogen (secondary N) is 1. The van der Waals surface area contributed by atoms with Gasteiger partial charge in [-0.3, -0.25) is 4.79 Å². The molecule has 3 aromatic heterocycles. The van der Waals surface area contributed by atoms with Crippen LogP contribution in [-0.4, -0.2) is 49.2 Å². The maximum atomic E-state index is 12.2. The summed E-state index contributed by atoms with van der Waals surface area (Å²) in [5, 5.41) is 3.46. The van der Waals surface area contributed by atoms with Gasteiger partial charge in [0.1, 0.15) is 5.82 Å². The third-order valence-electron chi connectivity index (χ3n) is 5.88. The van der Waals surface area contributed by atoms with Crippen LogP contribution in [0.15, 0.2) is 47.6 Å². The quantitative estimate of drug-likeness (QED) is 0.545. The van der Waals surface area contributed by atoms with Crippen molar-refractivity contribution in [3.8, 4) is 0 Å². The third kappa shape index (κ3) is 4.98. The Labute approximate surface area is 194 Å². The largest absolute Gasteiger partial charge is 0.463 e. The molecule has 0 bridgehead atoms. The molecule has 0 aliphatic carbocycles. The van der Waals surface area contributed by atoms with Crippen molar-refractivity contribution in [1.82, 2.24) is 9.38 Å². The monoisotopic (exact) mass is 470 g/mol. The average Bonchev–Trinajstić information content (AvgIpc) is 3.19. The molecule has 0 atom stereocenters. The molecule has 1 aliphatic heterocycles. The Balaban J connectivity index is 1.53. The van der Waals surface area contributed by atoms with Crippen molar-refractivity contribution < 1.29 is 17.9 Å². The average molecular weight is 471 g/mol. The molecule has 176 valence electrons. The fraction of sp³-hybridized carbons (Fsp3) is 0.417. The molecular weight excluding hydrogens is 440 g/mol. The second kappa shape index (κ2) is 9.05. The Hall–Kier alpha value is -3.07. The van der Waals surface area contributed by atoms with Crippen LogP contribution in [0.1, 0.15) is 32.4 Å². The summed E-state index contributed by atoms with van der Waals surface area (Å²) in [5.74, 6) is 0.936. The number of sulfone groups is 1. The van der Waals surface area contributed by atoms with E-state index in [4.69, 9.17) is 4.74 Å². The topological polar surface area (TPSA) is 93.0 Å². The van der Waals surface area contributed by atoms with Crippen LogP contribution in [0.3, 0.4) is 0 Å². The number of aryl methyl sites for hydroxylation is 1. The maximum Gasteiger partial charge on any atom is 0.309 e. The summed E-state index contributed by atoms with van der Waals surface area (Å²) >= 11 is 0. The summed E-state index contributed by atoms with van der Waals surface area (Å²) in [4.78, 5) is 18.8. The highest BCUT2D eigenvalue weighted by atomic mass is 32.2. The minimum absolute atomic E-state index is 0.0440. The van der Waals surface area contributed by atoms with Gasteiger partial charge >= 0.3 is 5.97 Å². The molecule has 1 N–H and O–H groups in total. The Kier molecular flexibility index (Phi) is 6.34. The number of fused-ring (bicyclic) bond motifs is 1. The van der Waals surface area contributed by atoms with Crippen LogP contribution in [0.4, 0.5) is 17.2 Å². The second-order valence-corrected chi connectivity index (χ2v) is 10.8. The van der Waals surface area contributed by atoms with E-state index in [0.717, 1.165) is 54.9 Å². The lowest BCUT2D eigenvalue weighted by Gasteiger charge is -2.32. The third-order valence-corrected chi connectivity index (χ3v) is 6.87. The highest BCUT2D eigenvalue weighted by Gasteiger charge is 2.28. The van der Waals surface area contributed by atoms with E-state index in [2.05, 4.69) is 31.7 Å². The molecule has 9 heteroatoms. The van der Waals surface area contributed by atoms with Gasteiger partial charge in [0, 0.05) is 25.5 Å². The molecule has 1 aliphatic rings. The predicted octanol–water partition coefficient (Wildman–Crippen LogP) is 3.96. The lowest BCUT2D eigenvalue weighted by molar-refractivity contribution is -0.153. The van der Waals surface area contributed by atoms with Gasteiger partial charge in [-0.2, -0.15) is 0 Å². The molecule has 0 saturated carbocycles. The molecule has 33 heavy (non-hydrogen) atoms. The number of piperidine rings is 1. The first-order valence-corrected chi connectivity index (χ1v) is 13.0. The van der Waals surface area contributed by atoms with Crippen molar-refractivity contribution in [2.45, 2.75) is 44.7 Å². The van der Waals surface area contributed by atoms with Crippen LogP contribution >= 0.6 is 0 Å². The van der Waals surface area contributed by atoms with Crippen molar-refractivity contribution >= 4 is 38.5 Å². The number of anilines is 3. The second-order valence-electron chi connectivity index (χ2n) is 8.80. The van der Waals surface area contributed by atoms with Crippen LogP contribution in [-0.2, 0) is 19.4 Å². The molecule has 0 unspecified atom stereocenters. The van der Waals surface area contributed by atoms with Crippen LogP contribution in [0.25, 0.3) is 5.52 Å². The number of aromatic nitrogens is 2. The zero-order valence-electron chi connectivity index (χ0n) is 19.4. The lowest BCUT2D eigenvalue weighted by atomic mass is 9.97. The Morgan fingerprint density at radius 1 is 1.12 bits per heavy atom. The van der Waals surface area contributed by atoms with Gasteiger partial charge in [-0.15, -0.1) is 0 Å². The number of pyridine rings is 2. The van der Waals surface area contributed by atoms with E-state index in [1.165, 1.54) is 6.07 Å². The summed E-state index contributed by atoms with van der Waals surface area (Å²) < 4.78 is 31.1. The normalized spacial score (nSPS) is 15.2. The molecule has 0 spiro atoms. The number of rotatable bonds is 6. The molecule has 4 rings (SSSR count). The number of hydrogen-bond acceptors (Lipinski definition) is 7. The van der Waals surface area contributed by atoms with Crippen molar-refractivity contribution in [1.29, 1.82) is 0 Å². The first kappa shape index (κ1) is 23.1. The molecule has 3 aromatic rings. The number of ether oxygens (including phenoxy) is 1. The van der Waals surface area contributed by atoms with Crippen LogP contribution in [0.2, 0.25) is 0 Å². The van der Waals surface area contributed by atoms with Crippen molar-refractivity contribution in [2.24, 2.45) is 5.92 Å². The summed E-state index contributed by atoms with van der Waals surface area (Å²) in [5.41, 5.74) is 3.27. The van der Waals surface area contributed by atoms with Gasteiger partial charge in [-0.1, -0.05) is 0 Å². The molecule has 1 fully saturated rings. The van der Waals surface area contributed by atoms with E-state index in [1.54, 1.807) is 13.0 Å². The van der Waals surface area contributed by atoms with Gasteiger partial charge in [0.25, 0.3) is 0 Å². The highest BCUT2D eigenvalue weighted by molar-refractivity contribution is 7.90. The predicted molar refractivity (Wildman–Crippen MR) is 129 cm³/mol. The van der Waals surface area contributed by atoms with E-state index in [9.17, 15) is 13.2 Å². The smallest absolute Gasteiger partial charge is 0.309 e. The van der Waals surface area contributed by atoms with Gasteiger partial charge < -0.3 is 19.4 Å². The summed E-state index contributed by atoms with van der Waals surface area (Å²) in [6.07, 6.45) is 4.63. The molecule has 0 radical (unpaired) electrons. The number of carbonyl (C=O) groups is 1. The van der Waals surface area contributed by atoms with Crippen LogP contribution < -0.4 is 10.2 Å². The van der Waals surface area contributed by atoms with Crippen molar-refractivity contribution in [3.63, 3.8) is 0 Å². The molecule has 4 heterocycles. The molecule has 0 amide bonds. The van der Waals surface area contributed by atoms with E-state index in [1.807, 2.05) is 32.2 Å². The molecule has 8 nitrogen and oxygen atoms in total. The minimum Gasteiger partial charge on any atom is -0.463 e. The summed E-state index contributed by atoms with van der Waals surface area (Å²) in [6.45, 7) is 7.12. The van der Waals surface area contributed by atoms with Crippen LogP contribution in [0, 0.1) is 12.8 Å². The number of nitrogens with zero attached hydrogens (tertiary/aromatic N) is 3. The zero-order valence-corrected chi connectivity index (χ0v) is 20.2. The van der Waals surface area contributed by atoms with E-state index in [0.29, 0.717) is 5.69 Å². The van der Waals surface area contributed by atoms with Gasteiger partial charge in [-0.25, -0.2) is 13.4 Å². The maximum absolute atomic E-state index is 12.2. The van der Waals surface area contributed by atoms with Gasteiger partial charge in [0.2, 0.25) is 0 Å². The highest BCUT2D eigenvalue weighted by Crippen LogP contribution is 2.31. The number of carbonyl (C=O) groups excluding carboxylic acids is 1. The van der Waals surface area contributed by atoms with Gasteiger partial charge in [0.15, 0.2) is 14.9 Å². The minimum atomic E-state index is -3.35. The van der Waals surface area contributed by atoms with Gasteiger partial charge in [-0.05, 0) is 70.0 Å². The Bertz CT molecular complexity index is 1270. The molecular formula is C24H30N4O4S. The van der Waals surface area contributed by atoms with Crippen molar-refractivity contribution in [2.75, 3.05) is 29.6 Å². The van der Waals surface area contributed by atoms with Gasteiger partial charge in [0.05, 0.1) is 34.6 Å². The SMILES string of the molecule is Cc1nc(S(C)(=O)=O)ccc1Nc1cccn2c(N3CCC(C(=O)OC(C)C)CC3)ccc12. The van der Waals surface area contributed by atoms with Crippen molar-refractivity contribution in [3.05, 3.63) is 48.3 Å². The van der Waals surface area contributed by atoms with Crippen LogP contribution in [0.5, 0.6) is 0 Å². The van der Waals surface area contributed by atoms with E-state index >= 15 is 0 Å². The standard InChI is InChI=1S/C24H30N4O4S/c1-16(2)32-24(29)18-11-14-27(15-12-18)23-10-8-21-20(6-5-13-28(21)23)26-19-7-9-22(25-17(19)3)33(4,30)31/h5-10,13,16,18,26H,11-12,14-15H2,1-4H3. The lowest BCUT2D eigenvalue weighted by Crippen LogP contribution is -2.38.